The molecule has 7 heteroatoms. The Bertz CT molecular complexity index is 482. The number of nitrogens with zero attached hydrogens (tertiary/aromatic N) is 1. The monoisotopic (exact) mass is 325 g/mol. The van der Waals surface area contributed by atoms with E-state index < -0.39 is 10.0 Å². The zero-order valence-corrected chi connectivity index (χ0v) is 12.4. The van der Waals surface area contributed by atoms with E-state index in [2.05, 4.69) is 15.9 Å². The van der Waals surface area contributed by atoms with Gasteiger partial charge in [0, 0.05) is 19.2 Å². The first-order valence-electron chi connectivity index (χ1n) is 5.21. The first-order chi connectivity index (χ1) is 7.84. The van der Waals surface area contributed by atoms with Gasteiger partial charge in [-0.25, -0.2) is 8.42 Å². The summed E-state index contributed by atoms with van der Waals surface area (Å²) in [5.41, 5.74) is 0. The SMILES string of the molecule is CCC(C)N(C)S(=O)(=O)c1cc(CO)oc1Br. The summed E-state index contributed by atoms with van der Waals surface area (Å²) in [5, 5.41) is 8.91. The smallest absolute Gasteiger partial charge is 0.247 e. The fourth-order valence-electron chi connectivity index (χ4n) is 1.30. The zero-order chi connectivity index (χ0) is 13.2. The summed E-state index contributed by atoms with van der Waals surface area (Å²) in [5.74, 6) is 0.216. The second kappa shape index (κ2) is 5.51. The van der Waals surface area contributed by atoms with E-state index in [4.69, 9.17) is 9.52 Å². The second-order valence-corrected chi connectivity index (χ2v) is 6.47. The Morgan fingerprint density at radius 3 is 2.59 bits per heavy atom. The van der Waals surface area contributed by atoms with E-state index in [9.17, 15) is 8.42 Å². The molecular weight excluding hydrogens is 310 g/mol. The fraction of sp³-hybridized carbons (Fsp3) is 0.600. The van der Waals surface area contributed by atoms with Crippen LogP contribution in [0.25, 0.3) is 0 Å². The molecule has 0 aromatic carbocycles. The van der Waals surface area contributed by atoms with Crippen molar-refractivity contribution in [3.05, 3.63) is 16.5 Å². The molecule has 0 saturated heterocycles. The van der Waals surface area contributed by atoms with E-state index in [0.717, 1.165) is 6.42 Å². The Morgan fingerprint density at radius 2 is 2.18 bits per heavy atom. The van der Waals surface area contributed by atoms with Crippen molar-refractivity contribution < 1.29 is 17.9 Å². The molecule has 0 amide bonds. The van der Waals surface area contributed by atoms with E-state index >= 15 is 0 Å². The standard InChI is InChI=1S/C10H16BrNO4S/c1-4-7(2)12(3)17(14,15)9-5-8(6-13)16-10(9)11/h5,7,13H,4,6H2,1-3H3. The van der Waals surface area contributed by atoms with Gasteiger partial charge < -0.3 is 9.52 Å². The van der Waals surface area contributed by atoms with Crippen molar-refractivity contribution in [1.82, 2.24) is 4.31 Å². The van der Waals surface area contributed by atoms with Crippen molar-refractivity contribution in [2.24, 2.45) is 0 Å². The van der Waals surface area contributed by atoms with Crippen LogP contribution >= 0.6 is 15.9 Å². The highest BCUT2D eigenvalue weighted by molar-refractivity contribution is 9.10. The van der Waals surface area contributed by atoms with Gasteiger partial charge in [-0.15, -0.1) is 0 Å². The maximum atomic E-state index is 12.2. The van der Waals surface area contributed by atoms with Crippen molar-refractivity contribution >= 4 is 26.0 Å². The van der Waals surface area contributed by atoms with Crippen LogP contribution in [-0.2, 0) is 16.6 Å². The van der Waals surface area contributed by atoms with E-state index in [1.807, 2.05) is 13.8 Å². The predicted octanol–water partition coefficient (Wildman–Crippen LogP) is 1.95. The van der Waals surface area contributed by atoms with E-state index in [1.165, 1.54) is 17.4 Å². The molecule has 0 bridgehead atoms. The number of rotatable bonds is 5. The second-order valence-electron chi connectivity index (χ2n) is 3.79. The molecule has 0 radical (unpaired) electrons. The minimum absolute atomic E-state index is 0.0457. The lowest BCUT2D eigenvalue weighted by Crippen LogP contribution is -2.34. The summed E-state index contributed by atoms with van der Waals surface area (Å²) in [7, 11) is -2.06. The predicted molar refractivity (Wildman–Crippen MR) is 67.0 cm³/mol. The molecule has 1 rings (SSSR count). The van der Waals surface area contributed by atoms with Gasteiger partial charge in [0.2, 0.25) is 10.0 Å². The van der Waals surface area contributed by atoms with Gasteiger partial charge in [-0.3, -0.25) is 0 Å². The van der Waals surface area contributed by atoms with Crippen molar-refractivity contribution in [3.8, 4) is 0 Å². The van der Waals surface area contributed by atoms with Crippen LogP contribution in [0.15, 0.2) is 20.0 Å². The van der Waals surface area contributed by atoms with Crippen molar-refractivity contribution in [3.63, 3.8) is 0 Å². The van der Waals surface area contributed by atoms with Crippen LogP contribution in [0.5, 0.6) is 0 Å². The van der Waals surface area contributed by atoms with Gasteiger partial charge in [0.05, 0.1) is 0 Å². The van der Waals surface area contributed by atoms with Crippen LogP contribution in [0.1, 0.15) is 26.0 Å². The van der Waals surface area contributed by atoms with Gasteiger partial charge in [-0.05, 0) is 29.3 Å². The summed E-state index contributed by atoms with van der Waals surface area (Å²) < 4.78 is 31.0. The van der Waals surface area contributed by atoms with Crippen molar-refractivity contribution in [2.45, 2.75) is 37.8 Å². The Kier molecular flexibility index (Phi) is 4.77. The molecule has 0 spiro atoms. The van der Waals surface area contributed by atoms with Crippen LogP contribution in [0.3, 0.4) is 0 Å². The first kappa shape index (κ1) is 14.7. The van der Waals surface area contributed by atoms with Crippen molar-refractivity contribution in [1.29, 1.82) is 0 Å². The number of aliphatic hydroxyl groups is 1. The Balaban J connectivity index is 3.17. The van der Waals surface area contributed by atoms with Gasteiger partial charge in [-0.1, -0.05) is 6.92 Å². The highest BCUT2D eigenvalue weighted by Crippen LogP contribution is 2.29. The molecule has 1 atom stereocenters. The highest BCUT2D eigenvalue weighted by atomic mass is 79.9. The lowest BCUT2D eigenvalue weighted by atomic mass is 10.3. The number of halogens is 1. The normalized spacial score (nSPS) is 14.2. The quantitative estimate of drug-likeness (QED) is 0.898. The molecule has 1 aromatic rings. The van der Waals surface area contributed by atoms with Gasteiger partial charge in [-0.2, -0.15) is 4.31 Å². The maximum absolute atomic E-state index is 12.2. The minimum Gasteiger partial charge on any atom is -0.450 e. The number of hydrogen-bond donors (Lipinski definition) is 1. The summed E-state index contributed by atoms with van der Waals surface area (Å²) in [6.45, 7) is 3.42. The Labute approximate surface area is 110 Å². The molecule has 0 aliphatic rings. The Hall–Kier alpha value is -0.370. The van der Waals surface area contributed by atoms with Crippen LogP contribution in [0.2, 0.25) is 0 Å². The fourth-order valence-corrected chi connectivity index (χ4v) is 3.69. The summed E-state index contributed by atoms with van der Waals surface area (Å²) >= 11 is 3.05. The molecule has 1 N–H and O–H groups in total. The van der Waals surface area contributed by atoms with Crippen LogP contribution in [-0.4, -0.2) is 30.9 Å². The third kappa shape index (κ3) is 2.90. The average Bonchev–Trinajstić information content (AvgIpc) is 2.69. The molecule has 1 aromatic heterocycles. The molecule has 17 heavy (non-hydrogen) atoms. The topological polar surface area (TPSA) is 70.8 Å². The summed E-state index contributed by atoms with van der Waals surface area (Å²) in [6.07, 6.45) is 0.720. The largest absolute Gasteiger partial charge is 0.450 e. The number of furan rings is 1. The van der Waals surface area contributed by atoms with E-state index in [0.29, 0.717) is 0 Å². The number of hydrogen-bond acceptors (Lipinski definition) is 4. The molecule has 1 heterocycles. The lowest BCUT2D eigenvalue weighted by Gasteiger charge is -2.22. The van der Waals surface area contributed by atoms with Gasteiger partial charge in [0.25, 0.3) is 0 Å². The Morgan fingerprint density at radius 1 is 1.59 bits per heavy atom. The molecule has 98 valence electrons. The highest BCUT2D eigenvalue weighted by Gasteiger charge is 2.29. The van der Waals surface area contributed by atoms with Gasteiger partial charge >= 0.3 is 0 Å². The minimum atomic E-state index is -3.59. The van der Waals surface area contributed by atoms with E-state index in [-0.39, 0.29) is 28.0 Å². The third-order valence-corrected chi connectivity index (χ3v) is 5.56. The van der Waals surface area contributed by atoms with Crippen LogP contribution in [0.4, 0.5) is 0 Å². The van der Waals surface area contributed by atoms with Crippen LogP contribution in [0, 0.1) is 0 Å². The van der Waals surface area contributed by atoms with Gasteiger partial charge in [0.15, 0.2) is 4.67 Å². The molecule has 0 aliphatic carbocycles. The first-order valence-corrected chi connectivity index (χ1v) is 7.45. The molecule has 0 saturated carbocycles. The average molecular weight is 326 g/mol. The van der Waals surface area contributed by atoms with Gasteiger partial charge in [0.1, 0.15) is 17.3 Å². The maximum Gasteiger partial charge on any atom is 0.247 e. The third-order valence-electron chi connectivity index (χ3n) is 2.73. The van der Waals surface area contributed by atoms with Crippen molar-refractivity contribution in [2.75, 3.05) is 7.05 Å². The summed E-state index contributed by atoms with van der Waals surface area (Å²) in [6, 6.07) is 1.23. The zero-order valence-electron chi connectivity index (χ0n) is 9.97. The lowest BCUT2D eigenvalue weighted by molar-refractivity contribution is 0.245. The molecule has 0 fully saturated rings. The molecule has 1 unspecified atom stereocenters. The molecular formula is C10H16BrNO4S. The summed E-state index contributed by atoms with van der Waals surface area (Å²) in [4.78, 5) is 0.0457. The molecule has 5 nitrogen and oxygen atoms in total. The van der Waals surface area contributed by atoms with Crippen LogP contribution < -0.4 is 0 Å². The molecule has 0 aliphatic heterocycles. The number of aliphatic hydroxyl groups excluding tert-OH is 1. The van der Waals surface area contributed by atoms with E-state index in [1.54, 1.807) is 0 Å². The number of sulfonamides is 1.